The molecule has 3 rings (SSSR count). The highest BCUT2D eigenvalue weighted by Crippen LogP contribution is 2.23. The molecule has 2 N–H and O–H groups in total. The maximum atomic E-state index is 12.6. The number of benzene rings is 3. The minimum atomic E-state index is -3.60. The number of para-hydroxylation sites is 1. The van der Waals surface area contributed by atoms with Gasteiger partial charge >= 0.3 is 0 Å². The van der Waals surface area contributed by atoms with Crippen LogP contribution in [0.5, 0.6) is 0 Å². The second kappa shape index (κ2) is 6.99. The lowest BCUT2D eigenvalue weighted by molar-refractivity contribution is 0.600. The summed E-state index contributed by atoms with van der Waals surface area (Å²) in [6, 6.07) is 22.3. The molecular formula is C20H20N2O2S. The number of sulfonamides is 1. The zero-order chi connectivity index (χ0) is 17.9. The van der Waals surface area contributed by atoms with Crippen LogP contribution < -0.4 is 10.0 Å². The third-order valence-electron chi connectivity index (χ3n) is 3.82. The van der Waals surface area contributed by atoms with Crippen molar-refractivity contribution in [2.75, 3.05) is 10.0 Å². The number of aryl methyl sites for hydroxylation is 2. The summed E-state index contributed by atoms with van der Waals surface area (Å²) in [7, 11) is -3.60. The molecule has 3 aromatic carbocycles. The Morgan fingerprint density at radius 2 is 1.32 bits per heavy atom. The molecule has 0 saturated carbocycles. The molecule has 0 aliphatic heterocycles. The quantitative estimate of drug-likeness (QED) is 0.690. The minimum absolute atomic E-state index is 0.296. The van der Waals surface area contributed by atoms with Gasteiger partial charge in [0.25, 0.3) is 10.0 Å². The number of rotatable bonds is 5. The van der Waals surface area contributed by atoms with E-state index in [4.69, 9.17) is 0 Å². The van der Waals surface area contributed by atoms with Crippen LogP contribution in [0.2, 0.25) is 0 Å². The molecule has 5 heteroatoms. The molecule has 0 spiro atoms. The molecule has 0 aliphatic rings. The summed E-state index contributed by atoms with van der Waals surface area (Å²) >= 11 is 0. The first-order chi connectivity index (χ1) is 11.9. The molecule has 4 nitrogen and oxygen atoms in total. The third-order valence-corrected chi connectivity index (χ3v) is 5.36. The number of hydrogen-bond donors (Lipinski definition) is 2. The highest BCUT2D eigenvalue weighted by Gasteiger charge is 2.16. The van der Waals surface area contributed by atoms with Crippen LogP contribution in [0.1, 0.15) is 11.1 Å². The van der Waals surface area contributed by atoms with E-state index in [0.29, 0.717) is 10.6 Å². The molecule has 0 radical (unpaired) electrons. The Kier molecular flexibility index (Phi) is 4.76. The van der Waals surface area contributed by atoms with Crippen molar-refractivity contribution in [1.82, 2.24) is 0 Å². The largest absolute Gasteiger partial charge is 0.356 e. The van der Waals surface area contributed by atoms with Crippen molar-refractivity contribution in [2.45, 2.75) is 18.7 Å². The van der Waals surface area contributed by atoms with E-state index in [1.165, 1.54) is 0 Å². The molecule has 25 heavy (non-hydrogen) atoms. The van der Waals surface area contributed by atoms with Crippen LogP contribution in [0.4, 0.5) is 17.1 Å². The van der Waals surface area contributed by atoms with Crippen LogP contribution in [0.3, 0.4) is 0 Å². The van der Waals surface area contributed by atoms with Crippen molar-refractivity contribution >= 4 is 27.1 Å². The predicted molar refractivity (Wildman–Crippen MR) is 103 cm³/mol. The lowest BCUT2D eigenvalue weighted by atomic mass is 10.2. The van der Waals surface area contributed by atoms with E-state index in [2.05, 4.69) is 10.0 Å². The van der Waals surface area contributed by atoms with Crippen molar-refractivity contribution in [3.8, 4) is 0 Å². The fourth-order valence-corrected chi connectivity index (χ4v) is 3.91. The molecule has 3 aromatic rings. The van der Waals surface area contributed by atoms with Crippen LogP contribution in [0, 0.1) is 13.8 Å². The number of anilines is 3. The summed E-state index contributed by atoms with van der Waals surface area (Å²) in [6.45, 7) is 3.74. The van der Waals surface area contributed by atoms with Crippen LogP contribution in [0.25, 0.3) is 0 Å². The van der Waals surface area contributed by atoms with Gasteiger partial charge in [0.2, 0.25) is 0 Å². The van der Waals surface area contributed by atoms with Gasteiger partial charge in [0.05, 0.1) is 4.90 Å². The van der Waals surface area contributed by atoms with Gasteiger partial charge in [0, 0.05) is 17.1 Å². The lowest BCUT2D eigenvalue weighted by Crippen LogP contribution is -2.14. The van der Waals surface area contributed by atoms with Gasteiger partial charge in [0.1, 0.15) is 0 Å². The summed E-state index contributed by atoms with van der Waals surface area (Å²) < 4.78 is 27.8. The Balaban J connectivity index is 1.76. The second-order valence-corrected chi connectivity index (χ2v) is 7.59. The molecule has 128 valence electrons. The van der Waals surface area contributed by atoms with E-state index in [1.54, 1.807) is 31.2 Å². The SMILES string of the molecule is Cc1ccc(S(=O)(=O)Nc2ccc(Nc3ccccc3)cc2)c(C)c1. The van der Waals surface area contributed by atoms with Gasteiger partial charge in [-0.15, -0.1) is 0 Å². The Morgan fingerprint density at radius 3 is 1.96 bits per heavy atom. The first kappa shape index (κ1) is 17.0. The van der Waals surface area contributed by atoms with Crippen molar-refractivity contribution in [3.63, 3.8) is 0 Å². The molecular weight excluding hydrogens is 332 g/mol. The zero-order valence-electron chi connectivity index (χ0n) is 14.2. The Bertz CT molecular complexity index is 966. The molecule has 0 aliphatic carbocycles. The van der Waals surface area contributed by atoms with Gasteiger partial charge in [0.15, 0.2) is 0 Å². The highest BCUT2D eigenvalue weighted by atomic mass is 32.2. The van der Waals surface area contributed by atoms with Crippen molar-refractivity contribution < 1.29 is 8.42 Å². The summed E-state index contributed by atoms with van der Waals surface area (Å²) in [5.74, 6) is 0. The lowest BCUT2D eigenvalue weighted by Gasteiger charge is -2.12. The van der Waals surface area contributed by atoms with Gasteiger partial charge in [-0.1, -0.05) is 35.9 Å². The molecule has 0 aromatic heterocycles. The van der Waals surface area contributed by atoms with Gasteiger partial charge in [-0.05, 0) is 61.9 Å². The average Bonchev–Trinajstić information content (AvgIpc) is 2.57. The van der Waals surface area contributed by atoms with E-state index >= 15 is 0 Å². The maximum Gasteiger partial charge on any atom is 0.262 e. The fourth-order valence-electron chi connectivity index (χ4n) is 2.62. The van der Waals surface area contributed by atoms with Crippen LogP contribution in [-0.2, 0) is 10.0 Å². The monoisotopic (exact) mass is 352 g/mol. The Hall–Kier alpha value is -2.79. The Labute approximate surface area is 148 Å². The number of nitrogens with one attached hydrogen (secondary N) is 2. The van der Waals surface area contributed by atoms with Crippen molar-refractivity contribution in [2.24, 2.45) is 0 Å². The highest BCUT2D eigenvalue weighted by molar-refractivity contribution is 7.92. The van der Waals surface area contributed by atoms with Gasteiger partial charge in [-0.2, -0.15) is 0 Å². The normalized spacial score (nSPS) is 11.1. The van der Waals surface area contributed by atoms with Crippen molar-refractivity contribution in [1.29, 1.82) is 0 Å². The van der Waals surface area contributed by atoms with Crippen molar-refractivity contribution in [3.05, 3.63) is 83.9 Å². The standard InChI is InChI=1S/C20H20N2O2S/c1-15-8-13-20(16(2)14-15)25(23,24)22-19-11-9-18(10-12-19)21-17-6-4-3-5-7-17/h3-14,21-22H,1-2H3. The average molecular weight is 352 g/mol. The predicted octanol–water partition coefficient (Wildman–Crippen LogP) is 4.85. The summed E-state index contributed by atoms with van der Waals surface area (Å²) in [6.07, 6.45) is 0. The van der Waals surface area contributed by atoms with E-state index in [1.807, 2.05) is 55.5 Å². The van der Waals surface area contributed by atoms with E-state index in [-0.39, 0.29) is 0 Å². The van der Waals surface area contributed by atoms with Crippen LogP contribution in [0.15, 0.2) is 77.7 Å². The maximum absolute atomic E-state index is 12.6. The summed E-state index contributed by atoms with van der Waals surface area (Å²) in [5, 5.41) is 3.26. The first-order valence-corrected chi connectivity index (χ1v) is 9.44. The van der Waals surface area contributed by atoms with E-state index in [0.717, 1.165) is 22.5 Å². The van der Waals surface area contributed by atoms with E-state index in [9.17, 15) is 8.42 Å². The fraction of sp³-hybridized carbons (Fsp3) is 0.100. The molecule has 0 atom stereocenters. The molecule has 0 saturated heterocycles. The molecule has 0 heterocycles. The van der Waals surface area contributed by atoms with Crippen LogP contribution >= 0.6 is 0 Å². The molecule has 0 fully saturated rings. The summed E-state index contributed by atoms with van der Waals surface area (Å²) in [4.78, 5) is 0.296. The molecule has 0 bridgehead atoms. The smallest absolute Gasteiger partial charge is 0.262 e. The third kappa shape index (κ3) is 4.19. The van der Waals surface area contributed by atoms with Gasteiger partial charge in [-0.25, -0.2) is 8.42 Å². The molecule has 0 unspecified atom stereocenters. The number of hydrogen-bond acceptors (Lipinski definition) is 3. The Morgan fingerprint density at radius 1 is 0.720 bits per heavy atom. The van der Waals surface area contributed by atoms with Gasteiger partial charge in [-0.3, -0.25) is 4.72 Å². The van der Waals surface area contributed by atoms with Crippen LogP contribution in [-0.4, -0.2) is 8.42 Å². The topological polar surface area (TPSA) is 58.2 Å². The minimum Gasteiger partial charge on any atom is -0.356 e. The molecule has 0 amide bonds. The summed E-state index contributed by atoms with van der Waals surface area (Å²) in [5.41, 5.74) is 4.16. The first-order valence-electron chi connectivity index (χ1n) is 7.96. The van der Waals surface area contributed by atoms with Gasteiger partial charge < -0.3 is 5.32 Å². The zero-order valence-corrected chi connectivity index (χ0v) is 15.0. The second-order valence-electron chi connectivity index (χ2n) is 5.94. The van der Waals surface area contributed by atoms with E-state index < -0.39 is 10.0 Å².